The van der Waals surface area contributed by atoms with Crippen LogP contribution in [-0.2, 0) is 19.1 Å². The molecule has 0 radical (unpaired) electrons. The van der Waals surface area contributed by atoms with Crippen LogP contribution in [0.3, 0.4) is 0 Å². The average molecular weight is 480 g/mol. The number of fused-ring (bicyclic) bond motifs is 1. The molecule has 0 aromatic rings. The Labute approximate surface area is 204 Å². The van der Waals surface area contributed by atoms with E-state index >= 15 is 0 Å². The molecule has 194 valence electrons. The quantitative estimate of drug-likeness (QED) is 0.332. The number of aliphatic hydroxyl groups is 1. The monoisotopic (exact) mass is 479 g/mol. The second-order valence-corrected chi connectivity index (χ2v) is 10.7. The summed E-state index contributed by atoms with van der Waals surface area (Å²) in [6, 6.07) is -0.710. The van der Waals surface area contributed by atoms with Crippen LogP contribution >= 0.6 is 0 Å². The zero-order chi connectivity index (χ0) is 24.9. The molecule has 3 aliphatic heterocycles. The van der Waals surface area contributed by atoms with E-state index in [2.05, 4.69) is 24.5 Å². The highest BCUT2D eigenvalue weighted by Crippen LogP contribution is 2.65. The molecule has 1 spiro atoms. The molecular weight excluding hydrogens is 434 g/mol. The number of rotatable bonds is 14. The number of hydrogen-bond acceptors (Lipinski definition) is 5. The normalized spacial score (nSPS) is 33.9. The molecule has 3 unspecified atom stereocenters. The summed E-state index contributed by atoms with van der Waals surface area (Å²) < 4.78 is 6.69. The van der Waals surface area contributed by atoms with Crippen molar-refractivity contribution in [3.05, 3.63) is 0 Å². The highest BCUT2D eigenvalue weighted by atomic mass is 16.5. The van der Waals surface area contributed by atoms with Gasteiger partial charge in [-0.2, -0.15) is 0 Å². The maximum Gasteiger partial charge on any atom is 0.245 e. The van der Waals surface area contributed by atoms with E-state index in [0.29, 0.717) is 26.1 Å². The number of carbonyl (C=O) groups is 3. The summed E-state index contributed by atoms with van der Waals surface area (Å²) in [6.45, 7) is 9.91. The number of nitrogens with zero attached hydrogens (tertiary/aromatic N) is 1. The van der Waals surface area contributed by atoms with Gasteiger partial charge in [0.25, 0.3) is 0 Å². The first-order valence-corrected chi connectivity index (χ1v) is 13.4. The summed E-state index contributed by atoms with van der Waals surface area (Å²) in [6.07, 6.45) is 7.68. The van der Waals surface area contributed by atoms with Crippen LogP contribution in [-0.4, -0.2) is 71.2 Å². The Kier molecular flexibility index (Phi) is 9.01. The smallest absolute Gasteiger partial charge is 0.245 e. The zero-order valence-corrected chi connectivity index (χ0v) is 21.5. The molecule has 0 saturated carbocycles. The topological polar surface area (TPSA) is 108 Å². The van der Waals surface area contributed by atoms with Gasteiger partial charge in [0.05, 0.1) is 17.4 Å². The SMILES string of the molecule is CCCCCNC(=O)C1N(CCCCCCO)C(=O)[C@@H]2[C@@H](C(=O)NCCC)[C@]3(C)OC12CC3C. The molecule has 8 heteroatoms. The van der Waals surface area contributed by atoms with Crippen LogP contribution < -0.4 is 10.6 Å². The van der Waals surface area contributed by atoms with E-state index in [4.69, 9.17) is 9.84 Å². The van der Waals surface area contributed by atoms with Gasteiger partial charge in [0.2, 0.25) is 17.7 Å². The lowest BCUT2D eigenvalue weighted by molar-refractivity contribution is -0.147. The molecular formula is C26H45N3O5. The van der Waals surface area contributed by atoms with Crippen LogP contribution in [0.5, 0.6) is 0 Å². The van der Waals surface area contributed by atoms with Crippen LogP contribution in [0.2, 0.25) is 0 Å². The van der Waals surface area contributed by atoms with E-state index in [1.54, 1.807) is 4.90 Å². The molecule has 6 atom stereocenters. The Bertz CT molecular complexity index is 746. The van der Waals surface area contributed by atoms with Crippen molar-refractivity contribution in [3.8, 4) is 0 Å². The van der Waals surface area contributed by atoms with Crippen LogP contribution in [0.15, 0.2) is 0 Å². The second kappa shape index (κ2) is 11.4. The third-order valence-corrected chi connectivity index (χ3v) is 8.28. The first-order valence-electron chi connectivity index (χ1n) is 13.4. The largest absolute Gasteiger partial charge is 0.396 e. The van der Waals surface area contributed by atoms with E-state index in [0.717, 1.165) is 51.4 Å². The van der Waals surface area contributed by atoms with Crippen LogP contribution in [0, 0.1) is 17.8 Å². The predicted molar refractivity (Wildman–Crippen MR) is 130 cm³/mol. The predicted octanol–water partition coefficient (Wildman–Crippen LogP) is 2.38. The van der Waals surface area contributed by atoms with Gasteiger partial charge in [0.15, 0.2) is 0 Å². The van der Waals surface area contributed by atoms with Crippen molar-refractivity contribution in [1.29, 1.82) is 0 Å². The van der Waals surface area contributed by atoms with Gasteiger partial charge in [0, 0.05) is 26.2 Å². The Morgan fingerprint density at radius 3 is 2.41 bits per heavy atom. The third kappa shape index (κ3) is 4.72. The number of unbranched alkanes of at least 4 members (excludes halogenated alkanes) is 5. The molecule has 3 amide bonds. The van der Waals surface area contributed by atoms with E-state index in [-0.39, 0.29) is 30.2 Å². The first kappa shape index (κ1) is 26.9. The van der Waals surface area contributed by atoms with Crippen LogP contribution in [0.1, 0.15) is 85.5 Å². The molecule has 8 nitrogen and oxygen atoms in total. The standard InChI is InChI=1S/C26H45N3O5/c1-5-7-10-14-28-23(32)21-26-17-18(3)25(4,34-26)19(22(31)27-13-6-2)20(26)24(33)29(21)15-11-8-9-12-16-30/h18-21,30H,5-17H2,1-4H3,(H,27,31)(H,28,32)/t18?,19-,20-,21?,25+,26?/m0/s1. The third-order valence-electron chi connectivity index (χ3n) is 8.28. The van der Waals surface area contributed by atoms with Gasteiger partial charge in [-0.05, 0) is 44.9 Å². The number of ether oxygens (including phenoxy) is 1. The summed E-state index contributed by atoms with van der Waals surface area (Å²) in [7, 11) is 0. The molecule has 3 aliphatic rings. The van der Waals surface area contributed by atoms with E-state index < -0.39 is 29.1 Å². The Morgan fingerprint density at radius 2 is 1.74 bits per heavy atom. The van der Waals surface area contributed by atoms with Crippen molar-refractivity contribution in [2.75, 3.05) is 26.2 Å². The minimum Gasteiger partial charge on any atom is -0.396 e. The highest BCUT2D eigenvalue weighted by molar-refractivity contribution is 5.99. The molecule has 34 heavy (non-hydrogen) atoms. The minimum atomic E-state index is -0.959. The van der Waals surface area contributed by atoms with Gasteiger partial charge in [-0.25, -0.2) is 0 Å². The highest BCUT2D eigenvalue weighted by Gasteiger charge is 2.79. The number of nitrogens with one attached hydrogen (secondary N) is 2. The second-order valence-electron chi connectivity index (χ2n) is 10.7. The summed E-state index contributed by atoms with van der Waals surface area (Å²) in [5.74, 6) is -1.58. The molecule has 3 rings (SSSR count). The molecule has 3 heterocycles. The zero-order valence-electron chi connectivity index (χ0n) is 21.5. The van der Waals surface area contributed by atoms with Crippen LogP contribution in [0.25, 0.3) is 0 Å². The van der Waals surface area contributed by atoms with Crippen LogP contribution in [0.4, 0.5) is 0 Å². The van der Waals surface area contributed by atoms with Gasteiger partial charge in [-0.15, -0.1) is 0 Å². The minimum absolute atomic E-state index is 0.0637. The van der Waals surface area contributed by atoms with Crippen molar-refractivity contribution in [2.45, 2.75) is 103 Å². The van der Waals surface area contributed by atoms with Crippen molar-refractivity contribution in [3.63, 3.8) is 0 Å². The summed E-state index contributed by atoms with van der Waals surface area (Å²) in [5, 5.41) is 15.1. The summed E-state index contributed by atoms with van der Waals surface area (Å²) in [4.78, 5) is 42.4. The van der Waals surface area contributed by atoms with Gasteiger partial charge in [-0.3, -0.25) is 14.4 Å². The number of amides is 3. The number of likely N-dealkylation sites (tertiary alicyclic amines) is 1. The number of hydrogen-bond donors (Lipinski definition) is 3. The average Bonchev–Trinajstić information content (AvgIpc) is 3.31. The molecule has 3 N–H and O–H groups in total. The van der Waals surface area contributed by atoms with Crippen molar-refractivity contribution >= 4 is 17.7 Å². The molecule has 3 saturated heterocycles. The van der Waals surface area contributed by atoms with E-state index in [1.165, 1.54) is 0 Å². The summed E-state index contributed by atoms with van der Waals surface area (Å²) >= 11 is 0. The van der Waals surface area contributed by atoms with Crippen molar-refractivity contribution in [2.24, 2.45) is 17.8 Å². The molecule has 0 aliphatic carbocycles. The Morgan fingerprint density at radius 1 is 1.03 bits per heavy atom. The maximum absolute atomic E-state index is 13.9. The lowest BCUT2D eigenvalue weighted by Crippen LogP contribution is -2.56. The summed E-state index contributed by atoms with van der Waals surface area (Å²) in [5.41, 5.74) is -1.72. The van der Waals surface area contributed by atoms with Crippen molar-refractivity contribution in [1.82, 2.24) is 15.5 Å². The van der Waals surface area contributed by atoms with E-state index in [9.17, 15) is 14.4 Å². The fraction of sp³-hybridized carbons (Fsp3) is 0.885. The van der Waals surface area contributed by atoms with Gasteiger partial charge in [0.1, 0.15) is 11.6 Å². The van der Waals surface area contributed by atoms with Gasteiger partial charge < -0.3 is 25.4 Å². The lowest BCUT2D eigenvalue weighted by atomic mass is 9.62. The number of aliphatic hydroxyl groups excluding tert-OH is 1. The lowest BCUT2D eigenvalue weighted by Gasteiger charge is -2.36. The van der Waals surface area contributed by atoms with E-state index in [1.807, 2.05) is 13.8 Å². The molecule has 0 aromatic carbocycles. The molecule has 2 bridgehead atoms. The maximum atomic E-state index is 13.9. The first-order chi connectivity index (χ1) is 16.3. The molecule has 3 fully saturated rings. The van der Waals surface area contributed by atoms with Gasteiger partial charge >= 0.3 is 0 Å². The van der Waals surface area contributed by atoms with Crippen molar-refractivity contribution < 1.29 is 24.2 Å². The Hall–Kier alpha value is -1.67. The fourth-order valence-corrected chi connectivity index (χ4v) is 6.47. The Balaban J connectivity index is 1.88. The fourth-order valence-electron chi connectivity index (χ4n) is 6.47. The number of carbonyl (C=O) groups excluding carboxylic acids is 3. The van der Waals surface area contributed by atoms with Gasteiger partial charge in [-0.1, -0.05) is 46.5 Å². The molecule has 0 aromatic heterocycles.